The molecule has 2 atom stereocenters. The first-order chi connectivity index (χ1) is 23.7. The zero-order chi connectivity index (χ0) is 34.9. The van der Waals surface area contributed by atoms with Gasteiger partial charge in [0.2, 0.25) is 0 Å². The maximum Gasteiger partial charge on any atom is 0.306 e. The second-order valence-corrected chi connectivity index (χ2v) is 11.9. The van der Waals surface area contributed by atoms with E-state index in [4.69, 9.17) is 20.4 Å². The number of nitriles is 2. The van der Waals surface area contributed by atoms with Gasteiger partial charge in [-0.15, -0.1) is 0 Å². The van der Waals surface area contributed by atoms with Gasteiger partial charge < -0.3 is 9.84 Å². The third-order valence-electron chi connectivity index (χ3n) is 8.54. The van der Waals surface area contributed by atoms with Crippen molar-refractivity contribution in [3.63, 3.8) is 0 Å². The standard InChI is InChI=1S/C21H18N2O2.C20H16N2O2/c1-14(9-21(24)25-2)17-7-8-18-12-23-13-20(19(18)10-17)16-5-3-15(11-22)4-6-16;1-13(8-20(23)24)16-6-7-17-11-22-12-19(18(17)9-16)15-4-2-14(10-21)3-5-15/h3-8,10,12-14H,9H2,1-2H3;2-7,9,11-13H,8H2,1H3,(H,23,24). The Morgan fingerprint density at radius 3 is 1.49 bits per heavy atom. The lowest BCUT2D eigenvalue weighted by atomic mass is 9.93. The van der Waals surface area contributed by atoms with Gasteiger partial charge in [0.15, 0.2) is 0 Å². The van der Waals surface area contributed by atoms with Crippen LogP contribution in [0.1, 0.15) is 60.8 Å². The van der Waals surface area contributed by atoms with Gasteiger partial charge in [0.1, 0.15) is 0 Å². The van der Waals surface area contributed by atoms with E-state index in [1.54, 1.807) is 36.7 Å². The number of benzene rings is 4. The van der Waals surface area contributed by atoms with E-state index in [9.17, 15) is 9.59 Å². The Hall–Kier alpha value is -6.38. The van der Waals surface area contributed by atoms with Crippen molar-refractivity contribution in [2.75, 3.05) is 7.11 Å². The number of carbonyl (C=O) groups is 2. The summed E-state index contributed by atoms with van der Waals surface area (Å²) in [5.74, 6) is -1.01. The van der Waals surface area contributed by atoms with E-state index in [1.807, 2.05) is 80.8 Å². The molecule has 6 aromatic rings. The van der Waals surface area contributed by atoms with E-state index in [-0.39, 0.29) is 24.2 Å². The number of rotatable bonds is 8. The number of ether oxygens (including phenoxy) is 1. The highest BCUT2D eigenvalue weighted by atomic mass is 16.5. The molecule has 0 fully saturated rings. The van der Waals surface area contributed by atoms with Crippen LogP contribution >= 0.6 is 0 Å². The predicted molar refractivity (Wildman–Crippen MR) is 190 cm³/mol. The Morgan fingerprint density at radius 2 is 1.10 bits per heavy atom. The minimum atomic E-state index is -0.801. The Morgan fingerprint density at radius 1 is 0.673 bits per heavy atom. The first-order valence-electron chi connectivity index (χ1n) is 15.8. The number of hydrogen-bond acceptors (Lipinski definition) is 7. The molecule has 0 bridgehead atoms. The summed E-state index contributed by atoms with van der Waals surface area (Å²) < 4.78 is 4.77. The Kier molecular flexibility index (Phi) is 10.7. The average molecular weight is 647 g/mol. The number of aliphatic carboxylic acids is 1. The molecule has 4 aromatic carbocycles. The third kappa shape index (κ3) is 8.13. The molecular formula is C41H34N4O4. The molecule has 242 valence electrons. The number of hydrogen-bond donors (Lipinski definition) is 1. The summed E-state index contributed by atoms with van der Waals surface area (Å²) in [4.78, 5) is 31.1. The molecule has 8 nitrogen and oxygen atoms in total. The zero-order valence-electron chi connectivity index (χ0n) is 27.4. The summed E-state index contributed by atoms with van der Waals surface area (Å²) >= 11 is 0. The maximum atomic E-state index is 11.5. The van der Waals surface area contributed by atoms with Crippen LogP contribution in [0.25, 0.3) is 43.8 Å². The van der Waals surface area contributed by atoms with Crippen LogP contribution in [0.5, 0.6) is 0 Å². The lowest BCUT2D eigenvalue weighted by Gasteiger charge is -2.13. The second-order valence-electron chi connectivity index (χ2n) is 11.9. The minimum absolute atomic E-state index is 0.0612. The number of carboxylic acids is 1. The fourth-order valence-electron chi connectivity index (χ4n) is 5.72. The molecule has 0 radical (unpaired) electrons. The molecule has 0 aliphatic heterocycles. The zero-order valence-corrected chi connectivity index (χ0v) is 27.4. The van der Waals surface area contributed by atoms with Crippen molar-refractivity contribution in [2.45, 2.75) is 38.5 Å². The number of methoxy groups -OCH3 is 1. The Balaban J connectivity index is 0.000000191. The van der Waals surface area contributed by atoms with Gasteiger partial charge in [0.05, 0.1) is 43.2 Å². The topological polar surface area (TPSA) is 137 Å². The fraction of sp³-hybridized carbons (Fsp3) is 0.171. The smallest absolute Gasteiger partial charge is 0.306 e. The molecule has 0 aliphatic rings. The van der Waals surface area contributed by atoms with E-state index >= 15 is 0 Å². The monoisotopic (exact) mass is 646 g/mol. The number of pyridine rings is 2. The summed E-state index contributed by atoms with van der Waals surface area (Å²) in [5.41, 5.74) is 7.29. The summed E-state index contributed by atoms with van der Waals surface area (Å²) in [6.07, 6.45) is 7.71. The highest BCUT2D eigenvalue weighted by Crippen LogP contribution is 2.33. The first-order valence-corrected chi connectivity index (χ1v) is 15.8. The quantitative estimate of drug-likeness (QED) is 0.162. The summed E-state index contributed by atoms with van der Waals surface area (Å²) in [7, 11) is 1.41. The maximum absolute atomic E-state index is 11.5. The van der Waals surface area contributed by atoms with Crippen LogP contribution in [0.4, 0.5) is 0 Å². The third-order valence-corrected chi connectivity index (χ3v) is 8.54. The predicted octanol–water partition coefficient (Wildman–Crippen LogP) is 8.79. The molecule has 2 heterocycles. The van der Waals surface area contributed by atoms with Gasteiger partial charge in [-0.05, 0) is 69.1 Å². The molecule has 8 heteroatoms. The van der Waals surface area contributed by atoms with Crippen LogP contribution in [0.15, 0.2) is 110 Å². The molecule has 2 unspecified atom stereocenters. The molecule has 1 N–H and O–H groups in total. The van der Waals surface area contributed by atoms with E-state index in [2.05, 4.69) is 28.2 Å². The number of carboxylic acid groups (broad SMARTS) is 1. The van der Waals surface area contributed by atoms with Gasteiger partial charge >= 0.3 is 11.9 Å². The molecule has 49 heavy (non-hydrogen) atoms. The molecule has 2 aromatic heterocycles. The summed E-state index contributed by atoms with van der Waals surface area (Å²) in [6, 6.07) is 31.2. The largest absolute Gasteiger partial charge is 0.481 e. The highest BCUT2D eigenvalue weighted by molar-refractivity contribution is 5.97. The van der Waals surface area contributed by atoms with Crippen molar-refractivity contribution >= 4 is 33.5 Å². The second kappa shape index (κ2) is 15.5. The summed E-state index contributed by atoms with van der Waals surface area (Å²) in [6.45, 7) is 3.93. The van der Waals surface area contributed by atoms with Gasteiger partial charge in [-0.2, -0.15) is 10.5 Å². The summed E-state index contributed by atoms with van der Waals surface area (Å²) in [5, 5.41) is 31.0. The van der Waals surface area contributed by atoms with Crippen molar-refractivity contribution in [1.82, 2.24) is 9.97 Å². The van der Waals surface area contributed by atoms with E-state index in [0.717, 1.165) is 54.9 Å². The SMILES string of the molecule is CC(CC(=O)O)c1ccc2cncc(-c3ccc(C#N)cc3)c2c1.COC(=O)CC(C)c1ccc2cncc(-c3ccc(C#N)cc3)c2c1. The number of aromatic nitrogens is 2. The highest BCUT2D eigenvalue weighted by Gasteiger charge is 2.15. The molecule has 0 saturated carbocycles. The van der Waals surface area contributed by atoms with Crippen molar-refractivity contribution in [3.8, 4) is 34.4 Å². The Labute approximate surface area is 284 Å². The van der Waals surface area contributed by atoms with Crippen LogP contribution in [-0.4, -0.2) is 34.1 Å². The number of esters is 1. The van der Waals surface area contributed by atoms with Crippen LogP contribution in [0, 0.1) is 22.7 Å². The van der Waals surface area contributed by atoms with Crippen LogP contribution < -0.4 is 0 Å². The van der Waals surface area contributed by atoms with E-state index < -0.39 is 5.97 Å². The average Bonchev–Trinajstić information content (AvgIpc) is 3.13. The normalized spacial score (nSPS) is 11.8. The molecule has 0 amide bonds. The van der Waals surface area contributed by atoms with Crippen LogP contribution in [-0.2, 0) is 14.3 Å². The van der Waals surface area contributed by atoms with Crippen LogP contribution in [0.3, 0.4) is 0 Å². The minimum Gasteiger partial charge on any atom is -0.481 e. The van der Waals surface area contributed by atoms with Gasteiger partial charge in [0, 0.05) is 46.7 Å². The lowest BCUT2D eigenvalue weighted by Crippen LogP contribution is -2.06. The molecule has 6 rings (SSSR count). The van der Waals surface area contributed by atoms with Gasteiger partial charge in [-0.25, -0.2) is 0 Å². The van der Waals surface area contributed by atoms with E-state index in [1.165, 1.54) is 7.11 Å². The van der Waals surface area contributed by atoms with Gasteiger partial charge in [-0.3, -0.25) is 19.6 Å². The number of fused-ring (bicyclic) bond motifs is 2. The molecule has 0 spiro atoms. The fourth-order valence-corrected chi connectivity index (χ4v) is 5.72. The van der Waals surface area contributed by atoms with Crippen molar-refractivity contribution in [3.05, 3.63) is 132 Å². The van der Waals surface area contributed by atoms with Gasteiger partial charge in [0.25, 0.3) is 0 Å². The Bertz CT molecular complexity index is 2220. The number of carbonyl (C=O) groups excluding carboxylic acids is 1. The number of nitrogens with zero attached hydrogens (tertiary/aromatic N) is 4. The molecule has 0 aliphatic carbocycles. The first kappa shape index (κ1) is 34.0. The van der Waals surface area contributed by atoms with Crippen molar-refractivity contribution in [2.24, 2.45) is 0 Å². The molecule has 0 saturated heterocycles. The van der Waals surface area contributed by atoms with Crippen molar-refractivity contribution in [1.29, 1.82) is 10.5 Å². The molecular weight excluding hydrogens is 612 g/mol. The van der Waals surface area contributed by atoms with Crippen molar-refractivity contribution < 1.29 is 19.4 Å². The van der Waals surface area contributed by atoms with Gasteiger partial charge in [-0.1, -0.05) is 74.5 Å². The van der Waals surface area contributed by atoms with Crippen LogP contribution in [0.2, 0.25) is 0 Å². The van der Waals surface area contributed by atoms with E-state index in [0.29, 0.717) is 17.5 Å². The lowest BCUT2D eigenvalue weighted by molar-refractivity contribution is -0.141.